The predicted molar refractivity (Wildman–Crippen MR) is 101 cm³/mol. The molecule has 0 aliphatic carbocycles. The van der Waals surface area contributed by atoms with Gasteiger partial charge in [0, 0.05) is 13.1 Å². The summed E-state index contributed by atoms with van der Waals surface area (Å²) in [5.74, 6) is -0.568. The van der Waals surface area contributed by atoms with Gasteiger partial charge in [-0.2, -0.15) is 0 Å². The highest BCUT2D eigenvalue weighted by Gasteiger charge is 2.20. The fourth-order valence-corrected chi connectivity index (χ4v) is 3.29. The molecule has 1 heterocycles. The lowest BCUT2D eigenvalue weighted by atomic mass is 10.1. The number of carbonyl (C=O) groups excluding carboxylic acids is 3. The Hall–Kier alpha value is -2.54. The Morgan fingerprint density at radius 1 is 1.23 bits per heavy atom. The van der Waals surface area contributed by atoms with Gasteiger partial charge in [-0.25, -0.2) is 4.98 Å². The fourth-order valence-electron chi connectivity index (χ4n) is 2.50. The molecule has 2 rings (SSSR count). The molecular formula is C19H23N3O3S. The van der Waals surface area contributed by atoms with E-state index in [4.69, 9.17) is 0 Å². The van der Waals surface area contributed by atoms with Crippen molar-refractivity contribution in [2.75, 3.05) is 13.1 Å². The number of thiazole rings is 1. The van der Waals surface area contributed by atoms with Gasteiger partial charge < -0.3 is 15.0 Å². The van der Waals surface area contributed by atoms with Crippen LogP contribution in [0.15, 0.2) is 36.5 Å². The maximum atomic E-state index is 12.3. The van der Waals surface area contributed by atoms with Gasteiger partial charge in [-0.05, 0) is 32.3 Å². The third-order valence-electron chi connectivity index (χ3n) is 4.03. The van der Waals surface area contributed by atoms with Crippen LogP contribution in [0.3, 0.4) is 0 Å². The molecule has 1 atom stereocenters. The highest BCUT2D eigenvalue weighted by atomic mass is 32.1. The van der Waals surface area contributed by atoms with Crippen molar-refractivity contribution in [3.63, 3.8) is 0 Å². The second-order valence-corrected chi connectivity index (χ2v) is 6.78. The molecule has 6 nitrogen and oxygen atoms in total. The molecule has 0 radical (unpaired) electrons. The minimum atomic E-state index is -0.577. The summed E-state index contributed by atoms with van der Waals surface area (Å²) in [5.41, 5.74) is 1.11. The Balaban J connectivity index is 1.95. The number of benzene rings is 1. The molecule has 0 bridgehead atoms. The van der Waals surface area contributed by atoms with Crippen LogP contribution in [0.25, 0.3) is 0 Å². The van der Waals surface area contributed by atoms with Gasteiger partial charge in [-0.3, -0.25) is 9.59 Å². The molecule has 0 spiro atoms. The zero-order valence-corrected chi connectivity index (χ0v) is 15.8. The van der Waals surface area contributed by atoms with Gasteiger partial charge in [0.05, 0.1) is 12.2 Å². The number of nitrogens with zero attached hydrogens (tertiary/aromatic N) is 2. The second-order valence-electron chi connectivity index (χ2n) is 5.75. The van der Waals surface area contributed by atoms with Crippen LogP contribution in [0, 0.1) is 0 Å². The number of nitrogens with one attached hydrogen (secondary N) is 1. The lowest BCUT2D eigenvalue weighted by Gasteiger charge is -2.16. The van der Waals surface area contributed by atoms with Gasteiger partial charge in [0.1, 0.15) is 11.2 Å². The summed E-state index contributed by atoms with van der Waals surface area (Å²) in [6.07, 6.45) is 3.34. The molecule has 2 amide bonds. The zero-order valence-electron chi connectivity index (χ0n) is 15.0. The molecule has 7 heteroatoms. The van der Waals surface area contributed by atoms with Crippen molar-refractivity contribution in [2.24, 2.45) is 0 Å². The quantitative estimate of drug-likeness (QED) is 0.685. The Morgan fingerprint density at radius 2 is 1.92 bits per heavy atom. The number of aryl methyl sites for hydroxylation is 1. The SMILES string of the molecule is CCN(CC)C(=O)c1ncc(C(=O)N[C@H](C=O)CCc2ccccc2)s1. The van der Waals surface area contributed by atoms with Crippen LogP contribution in [0.2, 0.25) is 0 Å². The topological polar surface area (TPSA) is 79.4 Å². The normalized spacial score (nSPS) is 11.6. The number of rotatable bonds is 9. The van der Waals surface area contributed by atoms with E-state index in [2.05, 4.69) is 10.3 Å². The predicted octanol–water partition coefficient (Wildman–Crippen LogP) is 2.56. The molecule has 0 aliphatic rings. The van der Waals surface area contributed by atoms with Crippen LogP contribution >= 0.6 is 11.3 Å². The van der Waals surface area contributed by atoms with E-state index in [0.717, 1.165) is 23.2 Å². The first-order valence-corrected chi connectivity index (χ1v) is 9.45. The first kappa shape index (κ1) is 19.8. The average molecular weight is 373 g/mol. The second kappa shape index (κ2) is 9.82. The van der Waals surface area contributed by atoms with Gasteiger partial charge in [-0.1, -0.05) is 30.3 Å². The maximum Gasteiger partial charge on any atom is 0.282 e. The lowest BCUT2D eigenvalue weighted by Crippen LogP contribution is -2.36. The molecule has 1 aromatic heterocycles. The highest BCUT2D eigenvalue weighted by molar-refractivity contribution is 7.15. The molecule has 0 saturated carbocycles. The van der Waals surface area contributed by atoms with Crippen molar-refractivity contribution in [1.82, 2.24) is 15.2 Å². The summed E-state index contributed by atoms with van der Waals surface area (Å²) in [6, 6.07) is 9.21. The molecular weight excluding hydrogens is 350 g/mol. The van der Waals surface area contributed by atoms with Crippen molar-refractivity contribution in [3.8, 4) is 0 Å². The standard InChI is InChI=1S/C19H23N3O3S/c1-3-22(4-2)19(25)18-20-12-16(26-18)17(24)21-15(13-23)11-10-14-8-6-5-7-9-14/h5-9,12-13,15H,3-4,10-11H2,1-2H3,(H,21,24)/t15-/m0/s1. The van der Waals surface area contributed by atoms with Crippen LogP contribution < -0.4 is 5.32 Å². The van der Waals surface area contributed by atoms with E-state index in [1.807, 2.05) is 44.2 Å². The van der Waals surface area contributed by atoms with Crippen molar-refractivity contribution in [1.29, 1.82) is 0 Å². The van der Waals surface area contributed by atoms with Crippen LogP contribution in [0.1, 0.15) is 45.3 Å². The number of aromatic nitrogens is 1. The summed E-state index contributed by atoms with van der Waals surface area (Å²) in [6.45, 7) is 4.96. The molecule has 0 aliphatic heterocycles. The molecule has 2 aromatic rings. The van der Waals surface area contributed by atoms with E-state index in [1.54, 1.807) is 4.90 Å². The Labute approximate surface area is 157 Å². The summed E-state index contributed by atoms with van der Waals surface area (Å²) < 4.78 is 0. The Morgan fingerprint density at radius 3 is 2.54 bits per heavy atom. The third kappa shape index (κ3) is 5.23. The Kier molecular flexibility index (Phi) is 7.47. The first-order valence-electron chi connectivity index (χ1n) is 8.64. The van der Waals surface area contributed by atoms with Gasteiger partial charge in [-0.15, -0.1) is 11.3 Å². The zero-order chi connectivity index (χ0) is 18.9. The summed E-state index contributed by atoms with van der Waals surface area (Å²) in [5, 5.41) is 2.98. The van der Waals surface area contributed by atoms with Gasteiger partial charge >= 0.3 is 0 Å². The van der Waals surface area contributed by atoms with E-state index >= 15 is 0 Å². The average Bonchev–Trinajstić information content (AvgIpc) is 3.17. The van der Waals surface area contributed by atoms with Crippen LogP contribution in [0.4, 0.5) is 0 Å². The maximum absolute atomic E-state index is 12.3. The summed E-state index contributed by atoms with van der Waals surface area (Å²) >= 11 is 1.04. The highest BCUT2D eigenvalue weighted by Crippen LogP contribution is 2.15. The minimum absolute atomic E-state index is 0.185. The minimum Gasteiger partial charge on any atom is -0.342 e. The van der Waals surface area contributed by atoms with Crippen molar-refractivity contribution in [2.45, 2.75) is 32.7 Å². The smallest absolute Gasteiger partial charge is 0.282 e. The van der Waals surface area contributed by atoms with Crippen LogP contribution in [-0.2, 0) is 11.2 Å². The first-order chi connectivity index (χ1) is 12.6. The number of hydrogen-bond acceptors (Lipinski definition) is 5. The van der Waals surface area contributed by atoms with Crippen LogP contribution in [0.5, 0.6) is 0 Å². The van der Waals surface area contributed by atoms with Crippen LogP contribution in [-0.4, -0.2) is 47.1 Å². The molecule has 26 heavy (non-hydrogen) atoms. The molecule has 0 fully saturated rings. The Bertz CT molecular complexity index is 741. The van der Waals surface area contributed by atoms with E-state index in [1.165, 1.54) is 6.20 Å². The molecule has 0 unspecified atom stereocenters. The van der Waals surface area contributed by atoms with Crippen molar-refractivity contribution < 1.29 is 14.4 Å². The summed E-state index contributed by atoms with van der Waals surface area (Å²) in [7, 11) is 0. The van der Waals surface area contributed by atoms with E-state index < -0.39 is 6.04 Å². The third-order valence-corrected chi connectivity index (χ3v) is 5.01. The van der Waals surface area contributed by atoms with Gasteiger partial charge in [0.25, 0.3) is 11.8 Å². The molecule has 138 valence electrons. The monoisotopic (exact) mass is 373 g/mol. The largest absolute Gasteiger partial charge is 0.342 e. The van der Waals surface area contributed by atoms with Crippen molar-refractivity contribution in [3.05, 3.63) is 52.0 Å². The molecule has 1 aromatic carbocycles. The number of aldehydes is 1. The number of amides is 2. The molecule has 0 saturated heterocycles. The van der Waals surface area contributed by atoms with E-state index in [9.17, 15) is 14.4 Å². The van der Waals surface area contributed by atoms with Gasteiger partial charge in [0.2, 0.25) is 0 Å². The van der Waals surface area contributed by atoms with Gasteiger partial charge in [0.15, 0.2) is 5.01 Å². The lowest BCUT2D eigenvalue weighted by molar-refractivity contribution is -0.109. The fraction of sp³-hybridized carbons (Fsp3) is 0.368. The summed E-state index contributed by atoms with van der Waals surface area (Å²) in [4.78, 5) is 41.9. The van der Waals surface area contributed by atoms with E-state index in [-0.39, 0.29) is 16.8 Å². The molecule has 1 N–H and O–H groups in total. The van der Waals surface area contributed by atoms with E-state index in [0.29, 0.717) is 30.8 Å². The number of hydrogen-bond donors (Lipinski definition) is 1. The number of carbonyl (C=O) groups is 3. The van der Waals surface area contributed by atoms with Crippen molar-refractivity contribution >= 4 is 29.4 Å².